The summed E-state index contributed by atoms with van der Waals surface area (Å²) >= 11 is 0.666. The van der Waals surface area contributed by atoms with E-state index in [4.69, 9.17) is 16.2 Å². The standard InChI is InChI=1S/C26H28FN5O4S/c1-36-17-13-11-15(12-14-17)22(25(34)30-16-7-3-2-4-8-16)32(19-10-6-5-9-18(19)27)26(35)23-20(28)21(24(29)33)31-37-23/h5-6,9-14,16,22H,2-4,7-8,28H2,1H3,(H2,29,33)(H,30,34)/t22-/m0/s1. The average Bonchev–Trinajstić information content (AvgIpc) is 3.29. The van der Waals surface area contributed by atoms with Gasteiger partial charge in [-0.2, -0.15) is 4.37 Å². The summed E-state index contributed by atoms with van der Waals surface area (Å²) in [5, 5.41) is 3.06. The molecule has 0 saturated heterocycles. The lowest BCUT2D eigenvalue weighted by molar-refractivity contribution is -0.123. The van der Waals surface area contributed by atoms with E-state index in [0.717, 1.165) is 37.0 Å². The SMILES string of the molecule is COc1ccc([C@@H](C(=O)NC2CCCCC2)N(C(=O)c2snc(C(N)=O)c2N)c2ccccc2F)cc1. The lowest BCUT2D eigenvalue weighted by Crippen LogP contribution is -2.47. The molecule has 3 amide bonds. The second-order valence-electron chi connectivity index (χ2n) is 8.78. The predicted molar refractivity (Wildman–Crippen MR) is 139 cm³/mol. The molecule has 11 heteroatoms. The van der Waals surface area contributed by atoms with Crippen molar-refractivity contribution < 1.29 is 23.5 Å². The van der Waals surface area contributed by atoms with E-state index >= 15 is 4.39 Å². The van der Waals surface area contributed by atoms with Gasteiger partial charge in [0.15, 0.2) is 5.69 Å². The Labute approximate surface area is 217 Å². The molecule has 0 bridgehead atoms. The Morgan fingerprint density at radius 1 is 1.11 bits per heavy atom. The molecule has 4 rings (SSSR count). The molecule has 1 atom stereocenters. The summed E-state index contributed by atoms with van der Waals surface area (Å²) in [4.78, 5) is 40.5. The third-order valence-electron chi connectivity index (χ3n) is 6.38. The highest BCUT2D eigenvalue weighted by molar-refractivity contribution is 7.09. The second-order valence-corrected chi connectivity index (χ2v) is 9.56. The number of hydrogen-bond donors (Lipinski definition) is 3. The van der Waals surface area contributed by atoms with E-state index in [2.05, 4.69) is 9.69 Å². The first-order valence-corrected chi connectivity index (χ1v) is 12.7. The van der Waals surface area contributed by atoms with Gasteiger partial charge in [0.1, 0.15) is 22.5 Å². The van der Waals surface area contributed by atoms with Crippen molar-refractivity contribution in [3.05, 3.63) is 70.5 Å². The van der Waals surface area contributed by atoms with Crippen molar-refractivity contribution >= 4 is 40.6 Å². The number of rotatable bonds is 8. The molecule has 0 aliphatic heterocycles. The van der Waals surface area contributed by atoms with Gasteiger partial charge in [-0.05, 0) is 54.2 Å². The van der Waals surface area contributed by atoms with Gasteiger partial charge in [-0.15, -0.1) is 0 Å². The summed E-state index contributed by atoms with van der Waals surface area (Å²) in [7, 11) is 1.51. The van der Waals surface area contributed by atoms with Crippen LogP contribution in [0.2, 0.25) is 0 Å². The second kappa shape index (κ2) is 11.4. The molecule has 1 aliphatic rings. The van der Waals surface area contributed by atoms with Crippen LogP contribution in [-0.2, 0) is 4.79 Å². The minimum Gasteiger partial charge on any atom is -0.497 e. The van der Waals surface area contributed by atoms with Crippen molar-refractivity contribution in [3.8, 4) is 5.75 Å². The van der Waals surface area contributed by atoms with Crippen molar-refractivity contribution in [2.24, 2.45) is 5.73 Å². The van der Waals surface area contributed by atoms with Crippen molar-refractivity contribution in [1.29, 1.82) is 0 Å². The summed E-state index contributed by atoms with van der Waals surface area (Å²) in [6.07, 6.45) is 4.71. The zero-order valence-corrected chi connectivity index (χ0v) is 21.1. The van der Waals surface area contributed by atoms with Gasteiger partial charge in [-0.25, -0.2) is 4.39 Å². The Morgan fingerprint density at radius 2 is 1.78 bits per heavy atom. The maximum Gasteiger partial charge on any atom is 0.273 e. The molecule has 1 saturated carbocycles. The number of hydrogen-bond acceptors (Lipinski definition) is 7. The number of carbonyl (C=O) groups excluding carboxylic acids is 3. The number of primary amides is 1. The van der Waals surface area contributed by atoms with Gasteiger partial charge in [-0.3, -0.25) is 19.3 Å². The first kappa shape index (κ1) is 26.1. The smallest absolute Gasteiger partial charge is 0.273 e. The van der Waals surface area contributed by atoms with Crippen molar-refractivity contribution in [1.82, 2.24) is 9.69 Å². The van der Waals surface area contributed by atoms with E-state index < -0.39 is 29.6 Å². The molecule has 0 unspecified atom stereocenters. The van der Waals surface area contributed by atoms with Gasteiger partial charge >= 0.3 is 0 Å². The van der Waals surface area contributed by atoms with Crippen LogP contribution in [0.1, 0.15) is 63.9 Å². The fraction of sp³-hybridized carbons (Fsp3) is 0.308. The molecule has 1 aliphatic carbocycles. The molecule has 1 heterocycles. The number of nitrogen functional groups attached to an aromatic ring is 1. The molecular formula is C26H28FN5O4S. The molecule has 1 fully saturated rings. The Morgan fingerprint density at radius 3 is 2.38 bits per heavy atom. The lowest BCUT2D eigenvalue weighted by atomic mass is 9.94. The molecule has 0 radical (unpaired) electrons. The van der Waals surface area contributed by atoms with Gasteiger partial charge in [0.05, 0.1) is 18.5 Å². The quantitative estimate of drug-likeness (QED) is 0.408. The first-order valence-electron chi connectivity index (χ1n) is 11.9. The summed E-state index contributed by atoms with van der Waals surface area (Å²) in [6, 6.07) is 11.0. The number of nitrogens with two attached hydrogens (primary N) is 2. The number of nitrogens with zero attached hydrogens (tertiary/aromatic N) is 2. The summed E-state index contributed by atoms with van der Waals surface area (Å²) in [5.74, 6) is -2.30. The lowest BCUT2D eigenvalue weighted by Gasteiger charge is -2.33. The number of carbonyl (C=O) groups is 3. The fourth-order valence-corrected chi connectivity index (χ4v) is 5.22. The van der Waals surface area contributed by atoms with Crippen LogP contribution < -0.4 is 26.4 Å². The fourth-order valence-electron chi connectivity index (χ4n) is 4.48. The summed E-state index contributed by atoms with van der Waals surface area (Å²) in [6.45, 7) is 0. The van der Waals surface area contributed by atoms with Crippen LogP contribution in [0.4, 0.5) is 15.8 Å². The molecule has 1 aromatic heterocycles. The van der Waals surface area contributed by atoms with E-state index in [1.54, 1.807) is 30.3 Å². The van der Waals surface area contributed by atoms with Crippen LogP contribution >= 0.6 is 11.5 Å². The molecule has 194 valence electrons. The van der Waals surface area contributed by atoms with Crippen LogP contribution in [-0.4, -0.2) is 35.2 Å². The number of anilines is 2. The van der Waals surface area contributed by atoms with Crippen molar-refractivity contribution in [3.63, 3.8) is 0 Å². The number of para-hydroxylation sites is 1. The third-order valence-corrected chi connectivity index (χ3v) is 7.23. The van der Waals surface area contributed by atoms with Gasteiger partial charge < -0.3 is 21.5 Å². The number of halogens is 1. The van der Waals surface area contributed by atoms with Crippen LogP contribution in [0.25, 0.3) is 0 Å². The van der Waals surface area contributed by atoms with E-state index in [1.165, 1.54) is 25.3 Å². The van der Waals surface area contributed by atoms with Gasteiger partial charge in [-0.1, -0.05) is 43.5 Å². The zero-order valence-electron chi connectivity index (χ0n) is 20.3. The Bertz CT molecular complexity index is 1290. The van der Waals surface area contributed by atoms with Gasteiger partial charge in [0.2, 0.25) is 5.91 Å². The minimum absolute atomic E-state index is 0.0606. The topological polar surface area (TPSA) is 141 Å². The highest BCUT2D eigenvalue weighted by Crippen LogP contribution is 2.35. The highest BCUT2D eigenvalue weighted by atomic mass is 32.1. The molecule has 37 heavy (non-hydrogen) atoms. The number of amides is 3. The highest BCUT2D eigenvalue weighted by Gasteiger charge is 2.38. The Kier molecular flexibility index (Phi) is 8.02. The molecular weight excluding hydrogens is 497 g/mol. The molecule has 9 nitrogen and oxygen atoms in total. The predicted octanol–water partition coefficient (Wildman–Crippen LogP) is 3.81. The zero-order chi connectivity index (χ0) is 26.5. The third kappa shape index (κ3) is 5.56. The molecule has 5 N–H and O–H groups in total. The normalized spacial score (nSPS) is 14.5. The van der Waals surface area contributed by atoms with E-state index in [9.17, 15) is 14.4 Å². The number of ether oxygens (including phenoxy) is 1. The number of aromatic nitrogens is 1. The molecule has 2 aromatic carbocycles. The summed E-state index contributed by atoms with van der Waals surface area (Å²) in [5.41, 5.74) is 11.2. The maximum atomic E-state index is 15.2. The number of methoxy groups -OCH3 is 1. The van der Waals surface area contributed by atoms with Gasteiger partial charge in [0, 0.05) is 6.04 Å². The Balaban J connectivity index is 1.85. The van der Waals surface area contributed by atoms with Crippen molar-refractivity contribution in [2.75, 3.05) is 17.7 Å². The van der Waals surface area contributed by atoms with Crippen LogP contribution in [0.5, 0.6) is 5.75 Å². The van der Waals surface area contributed by atoms with Crippen LogP contribution in [0.3, 0.4) is 0 Å². The Hall–Kier alpha value is -3.99. The van der Waals surface area contributed by atoms with Crippen LogP contribution in [0, 0.1) is 5.82 Å². The maximum absolute atomic E-state index is 15.2. The summed E-state index contributed by atoms with van der Waals surface area (Å²) < 4.78 is 24.4. The largest absolute Gasteiger partial charge is 0.497 e. The first-order chi connectivity index (χ1) is 17.8. The van der Waals surface area contributed by atoms with Crippen molar-refractivity contribution in [2.45, 2.75) is 44.2 Å². The monoisotopic (exact) mass is 525 g/mol. The van der Waals surface area contributed by atoms with E-state index in [1.807, 2.05) is 0 Å². The van der Waals surface area contributed by atoms with E-state index in [0.29, 0.717) is 22.8 Å². The van der Waals surface area contributed by atoms with Crippen LogP contribution in [0.15, 0.2) is 48.5 Å². The minimum atomic E-state index is -1.25. The molecule has 3 aromatic rings. The van der Waals surface area contributed by atoms with Gasteiger partial charge in [0.25, 0.3) is 11.8 Å². The number of benzene rings is 2. The average molecular weight is 526 g/mol. The molecule has 0 spiro atoms. The van der Waals surface area contributed by atoms with E-state index in [-0.39, 0.29) is 28.0 Å². The number of nitrogens with one attached hydrogen (secondary N) is 1.